The summed E-state index contributed by atoms with van der Waals surface area (Å²) in [5.74, 6) is -0.963. The SMILES string of the molecule is CC(N(C)c1ccc(C(=O)O)cc1Cl)C(C)(C)C. The molecule has 0 amide bonds. The van der Waals surface area contributed by atoms with Crippen LogP contribution in [0.3, 0.4) is 0 Å². The number of carboxylic acids is 1. The first-order valence-corrected chi connectivity index (χ1v) is 6.28. The van der Waals surface area contributed by atoms with Crippen molar-refractivity contribution in [3.05, 3.63) is 28.8 Å². The van der Waals surface area contributed by atoms with Crippen molar-refractivity contribution < 1.29 is 9.90 Å². The van der Waals surface area contributed by atoms with Crippen LogP contribution in [0, 0.1) is 5.41 Å². The summed E-state index contributed by atoms with van der Waals surface area (Å²) in [6.07, 6.45) is 0. The van der Waals surface area contributed by atoms with E-state index < -0.39 is 5.97 Å². The highest BCUT2D eigenvalue weighted by molar-refractivity contribution is 6.33. The highest BCUT2D eigenvalue weighted by Gasteiger charge is 2.25. The molecule has 1 aromatic rings. The lowest BCUT2D eigenvalue weighted by atomic mass is 9.87. The minimum atomic E-state index is -0.963. The Morgan fingerprint density at radius 2 is 1.94 bits per heavy atom. The summed E-state index contributed by atoms with van der Waals surface area (Å²) in [5.41, 5.74) is 1.17. The number of hydrogen-bond acceptors (Lipinski definition) is 2. The van der Waals surface area contributed by atoms with E-state index in [2.05, 4.69) is 32.6 Å². The average molecular weight is 270 g/mol. The van der Waals surface area contributed by atoms with Gasteiger partial charge in [-0.2, -0.15) is 0 Å². The Morgan fingerprint density at radius 3 is 2.33 bits per heavy atom. The molecule has 1 unspecified atom stereocenters. The van der Waals surface area contributed by atoms with Crippen molar-refractivity contribution in [2.75, 3.05) is 11.9 Å². The summed E-state index contributed by atoms with van der Waals surface area (Å²) in [6.45, 7) is 8.61. The molecule has 0 spiro atoms. The molecule has 0 aliphatic carbocycles. The quantitative estimate of drug-likeness (QED) is 0.904. The standard InChI is InChI=1S/C14H20ClNO2/c1-9(14(2,3)4)16(5)12-7-6-10(13(17)18)8-11(12)15/h6-9H,1-5H3,(H,17,18). The third kappa shape index (κ3) is 3.16. The highest BCUT2D eigenvalue weighted by Crippen LogP contribution is 2.32. The van der Waals surface area contributed by atoms with Crippen LogP contribution in [0.2, 0.25) is 5.02 Å². The van der Waals surface area contributed by atoms with Crippen LogP contribution in [0.25, 0.3) is 0 Å². The van der Waals surface area contributed by atoms with Crippen LogP contribution >= 0.6 is 11.6 Å². The molecule has 1 aromatic carbocycles. The number of halogens is 1. The van der Waals surface area contributed by atoms with Gasteiger partial charge in [0.25, 0.3) is 0 Å². The summed E-state index contributed by atoms with van der Waals surface area (Å²) < 4.78 is 0. The second-order valence-electron chi connectivity index (χ2n) is 5.62. The smallest absolute Gasteiger partial charge is 0.335 e. The Labute approximate surface area is 113 Å². The number of anilines is 1. The van der Waals surface area contributed by atoms with Gasteiger partial charge in [0.1, 0.15) is 0 Å². The maximum Gasteiger partial charge on any atom is 0.335 e. The zero-order valence-electron chi connectivity index (χ0n) is 11.5. The highest BCUT2D eigenvalue weighted by atomic mass is 35.5. The zero-order chi connectivity index (χ0) is 14.1. The molecule has 0 aliphatic heterocycles. The van der Waals surface area contributed by atoms with E-state index in [9.17, 15) is 4.79 Å². The van der Waals surface area contributed by atoms with Gasteiger partial charge in [0.15, 0.2) is 0 Å². The van der Waals surface area contributed by atoms with Gasteiger partial charge in [-0.05, 0) is 30.5 Å². The second kappa shape index (κ2) is 5.19. The number of rotatable bonds is 3. The molecule has 0 saturated carbocycles. The summed E-state index contributed by atoms with van der Waals surface area (Å²) in [6, 6.07) is 5.11. The normalized spacial score (nSPS) is 13.2. The fourth-order valence-corrected chi connectivity index (χ4v) is 2.03. The molecule has 100 valence electrons. The van der Waals surface area contributed by atoms with Crippen LogP contribution in [0.5, 0.6) is 0 Å². The molecule has 4 heteroatoms. The molecule has 1 rings (SSSR count). The minimum absolute atomic E-state index is 0.115. The first-order chi connectivity index (χ1) is 8.14. The third-order valence-corrected chi connectivity index (χ3v) is 3.71. The lowest BCUT2D eigenvalue weighted by Crippen LogP contribution is -2.39. The Hall–Kier alpha value is -1.22. The molecule has 18 heavy (non-hydrogen) atoms. The van der Waals surface area contributed by atoms with E-state index >= 15 is 0 Å². The van der Waals surface area contributed by atoms with Gasteiger partial charge < -0.3 is 10.0 Å². The van der Waals surface area contributed by atoms with Gasteiger partial charge in [0.05, 0.1) is 16.3 Å². The van der Waals surface area contributed by atoms with Gasteiger partial charge in [0.2, 0.25) is 0 Å². The number of carboxylic acid groups (broad SMARTS) is 1. The molecule has 0 saturated heterocycles. The molecule has 3 nitrogen and oxygen atoms in total. The van der Waals surface area contributed by atoms with Gasteiger partial charge in [-0.25, -0.2) is 4.79 Å². The van der Waals surface area contributed by atoms with Crippen LogP contribution < -0.4 is 4.90 Å². The number of aromatic carboxylic acids is 1. The largest absolute Gasteiger partial charge is 0.478 e. The average Bonchev–Trinajstić information content (AvgIpc) is 2.25. The van der Waals surface area contributed by atoms with Crippen molar-refractivity contribution in [3.8, 4) is 0 Å². The topological polar surface area (TPSA) is 40.5 Å². The monoisotopic (exact) mass is 269 g/mol. The number of carbonyl (C=O) groups is 1. The number of benzene rings is 1. The fraction of sp³-hybridized carbons (Fsp3) is 0.500. The lowest BCUT2D eigenvalue weighted by molar-refractivity contribution is 0.0697. The van der Waals surface area contributed by atoms with Gasteiger partial charge in [-0.3, -0.25) is 0 Å². The van der Waals surface area contributed by atoms with Crippen LogP contribution in [-0.2, 0) is 0 Å². The van der Waals surface area contributed by atoms with Crippen LogP contribution in [0.1, 0.15) is 38.1 Å². The van der Waals surface area contributed by atoms with E-state index in [1.165, 1.54) is 6.07 Å². The Balaban J connectivity index is 3.08. The van der Waals surface area contributed by atoms with Crippen molar-refractivity contribution in [2.24, 2.45) is 5.41 Å². The molecular formula is C14H20ClNO2. The summed E-state index contributed by atoms with van der Waals surface area (Å²) >= 11 is 6.16. The summed E-state index contributed by atoms with van der Waals surface area (Å²) in [5, 5.41) is 9.37. The second-order valence-corrected chi connectivity index (χ2v) is 6.03. The van der Waals surface area contributed by atoms with Crippen LogP contribution in [0.4, 0.5) is 5.69 Å². The van der Waals surface area contributed by atoms with Gasteiger partial charge in [-0.1, -0.05) is 32.4 Å². The Morgan fingerprint density at radius 1 is 1.39 bits per heavy atom. The first kappa shape index (κ1) is 14.8. The molecule has 0 radical (unpaired) electrons. The maximum absolute atomic E-state index is 10.9. The Kier molecular flexibility index (Phi) is 4.28. The predicted molar refractivity (Wildman–Crippen MR) is 75.7 cm³/mol. The summed E-state index contributed by atoms with van der Waals surface area (Å²) in [7, 11) is 1.97. The van der Waals surface area contributed by atoms with E-state index in [1.54, 1.807) is 12.1 Å². The van der Waals surface area contributed by atoms with Crippen molar-refractivity contribution in [2.45, 2.75) is 33.7 Å². The van der Waals surface area contributed by atoms with E-state index in [0.717, 1.165) is 5.69 Å². The van der Waals surface area contributed by atoms with E-state index in [4.69, 9.17) is 16.7 Å². The van der Waals surface area contributed by atoms with Crippen molar-refractivity contribution in [1.82, 2.24) is 0 Å². The predicted octanol–water partition coefficient (Wildman–Crippen LogP) is 3.91. The maximum atomic E-state index is 10.9. The number of nitrogens with zero attached hydrogens (tertiary/aromatic N) is 1. The molecule has 0 bridgehead atoms. The molecule has 1 N–H and O–H groups in total. The minimum Gasteiger partial charge on any atom is -0.478 e. The lowest BCUT2D eigenvalue weighted by Gasteiger charge is -2.37. The molecule has 0 aromatic heterocycles. The van der Waals surface area contributed by atoms with Crippen molar-refractivity contribution >= 4 is 23.3 Å². The van der Waals surface area contributed by atoms with Gasteiger partial charge >= 0.3 is 5.97 Å². The van der Waals surface area contributed by atoms with Gasteiger partial charge in [0, 0.05) is 13.1 Å². The van der Waals surface area contributed by atoms with Crippen LogP contribution in [0.15, 0.2) is 18.2 Å². The molecule has 0 heterocycles. The van der Waals surface area contributed by atoms with E-state index in [0.29, 0.717) is 5.02 Å². The van der Waals surface area contributed by atoms with E-state index in [-0.39, 0.29) is 17.0 Å². The fourth-order valence-electron chi connectivity index (χ4n) is 1.72. The zero-order valence-corrected chi connectivity index (χ0v) is 12.2. The van der Waals surface area contributed by atoms with E-state index in [1.807, 2.05) is 7.05 Å². The molecule has 0 fully saturated rings. The third-order valence-electron chi connectivity index (χ3n) is 3.41. The molecular weight excluding hydrogens is 250 g/mol. The Bertz CT molecular complexity index is 452. The van der Waals surface area contributed by atoms with Crippen LogP contribution in [-0.4, -0.2) is 24.2 Å². The number of hydrogen-bond donors (Lipinski definition) is 1. The summed E-state index contributed by atoms with van der Waals surface area (Å²) in [4.78, 5) is 12.9. The molecule has 0 aliphatic rings. The van der Waals surface area contributed by atoms with Gasteiger partial charge in [-0.15, -0.1) is 0 Å². The molecule has 1 atom stereocenters. The first-order valence-electron chi connectivity index (χ1n) is 5.90. The van der Waals surface area contributed by atoms with Crippen molar-refractivity contribution in [1.29, 1.82) is 0 Å². The van der Waals surface area contributed by atoms with Crippen molar-refractivity contribution in [3.63, 3.8) is 0 Å².